The van der Waals surface area contributed by atoms with Crippen molar-refractivity contribution in [3.63, 3.8) is 0 Å². The Morgan fingerprint density at radius 3 is 2.81 bits per heavy atom. The Kier molecular flexibility index (Phi) is 5.97. The van der Waals surface area contributed by atoms with Crippen LogP contribution in [-0.2, 0) is 11.3 Å². The van der Waals surface area contributed by atoms with E-state index in [2.05, 4.69) is 19.2 Å². The van der Waals surface area contributed by atoms with Gasteiger partial charge in [-0.15, -0.1) is 0 Å². The fraction of sp³-hybridized carbons (Fsp3) is 0.273. The van der Waals surface area contributed by atoms with Crippen LogP contribution >= 0.6 is 24.0 Å². The molecule has 1 fully saturated rings. The quantitative estimate of drug-likeness (QED) is 0.444. The van der Waals surface area contributed by atoms with Crippen molar-refractivity contribution < 1.29 is 9.21 Å². The summed E-state index contributed by atoms with van der Waals surface area (Å²) in [5.74, 6) is 1.20. The Bertz CT molecular complexity index is 1250. The maximum atomic E-state index is 13.3. The van der Waals surface area contributed by atoms with Gasteiger partial charge in [0.25, 0.3) is 11.5 Å². The van der Waals surface area contributed by atoms with Gasteiger partial charge in [0, 0.05) is 12.7 Å². The van der Waals surface area contributed by atoms with Crippen LogP contribution < -0.4 is 10.9 Å². The number of pyridine rings is 1. The highest BCUT2D eigenvalue weighted by Crippen LogP contribution is 2.34. The molecule has 0 atom stereocenters. The smallest absolute Gasteiger partial charge is 0.267 e. The lowest BCUT2D eigenvalue weighted by molar-refractivity contribution is -0.122. The molecule has 1 aliphatic heterocycles. The predicted octanol–water partition coefficient (Wildman–Crippen LogP) is 4.07. The molecule has 4 heterocycles. The predicted molar refractivity (Wildman–Crippen MR) is 127 cm³/mol. The van der Waals surface area contributed by atoms with Crippen molar-refractivity contribution >= 4 is 51.7 Å². The first-order valence-corrected chi connectivity index (χ1v) is 11.1. The van der Waals surface area contributed by atoms with Crippen molar-refractivity contribution in [2.45, 2.75) is 27.3 Å². The number of carbonyl (C=O) groups excluding carboxylic acids is 1. The van der Waals surface area contributed by atoms with E-state index in [-0.39, 0.29) is 18.0 Å². The van der Waals surface area contributed by atoms with Crippen LogP contribution in [0.3, 0.4) is 0 Å². The highest BCUT2D eigenvalue weighted by Gasteiger charge is 2.33. The molecule has 1 aliphatic rings. The largest absolute Gasteiger partial charge is 0.467 e. The molecular formula is C22H22N4O3S2. The number of anilines is 1. The molecule has 1 amide bonds. The van der Waals surface area contributed by atoms with Crippen molar-refractivity contribution in [3.8, 4) is 0 Å². The average molecular weight is 455 g/mol. The van der Waals surface area contributed by atoms with Gasteiger partial charge in [-0.3, -0.25) is 18.9 Å². The van der Waals surface area contributed by atoms with E-state index in [1.165, 1.54) is 21.1 Å². The third kappa shape index (κ3) is 4.28. The number of nitrogens with zero attached hydrogens (tertiary/aromatic N) is 3. The van der Waals surface area contributed by atoms with E-state index in [1.54, 1.807) is 36.7 Å². The number of carbonyl (C=O) groups is 1. The highest BCUT2D eigenvalue weighted by atomic mass is 32.2. The number of hydrogen-bond donors (Lipinski definition) is 1. The molecule has 3 aromatic heterocycles. The molecule has 3 aromatic rings. The number of amides is 1. The highest BCUT2D eigenvalue weighted by molar-refractivity contribution is 8.26. The molecule has 0 unspecified atom stereocenters. The van der Waals surface area contributed by atoms with Crippen LogP contribution in [0, 0.1) is 12.8 Å². The van der Waals surface area contributed by atoms with Crippen LogP contribution in [0.2, 0.25) is 0 Å². The minimum absolute atomic E-state index is 0.240. The first kappa shape index (κ1) is 21.3. The van der Waals surface area contributed by atoms with E-state index in [4.69, 9.17) is 21.6 Å². The normalized spacial score (nSPS) is 15.6. The summed E-state index contributed by atoms with van der Waals surface area (Å²) in [6.07, 6.45) is 4.83. The molecule has 31 heavy (non-hydrogen) atoms. The first-order chi connectivity index (χ1) is 14.8. The average Bonchev–Trinajstić information content (AvgIpc) is 3.33. The Morgan fingerprint density at radius 2 is 2.10 bits per heavy atom. The van der Waals surface area contributed by atoms with E-state index in [9.17, 15) is 9.59 Å². The van der Waals surface area contributed by atoms with E-state index >= 15 is 0 Å². The van der Waals surface area contributed by atoms with Gasteiger partial charge in [0.05, 0.1) is 23.3 Å². The monoisotopic (exact) mass is 454 g/mol. The standard InChI is InChI=1S/C22H22N4O3S2/c1-13(2)11-23-18-16(20(27)25-8-4-6-14(3)19(25)24-18)10-17-21(28)26(22(30)31-17)12-15-7-5-9-29-15/h4-10,13,23H,11-12H2,1-3H3. The van der Waals surface area contributed by atoms with Gasteiger partial charge < -0.3 is 9.73 Å². The van der Waals surface area contributed by atoms with E-state index in [1.807, 2.05) is 13.0 Å². The lowest BCUT2D eigenvalue weighted by atomic mass is 10.2. The van der Waals surface area contributed by atoms with Gasteiger partial charge in [-0.05, 0) is 42.7 Å². The molecule has 1 N–H and O–H groups in total. The molecule has 0 spiro atoms. The minimum Gasteiger partial charge on any atom is -0.467 e. The molecule has 160 valence electrons. The van der Waals surface area contributed by atoms with Gasteiger partial charge in [-0.25, -0.2) is 4.98 Å². The number of thioether (sulfide) groups is 1. The maximum Gasteiger partial charge on any atom is 0.267 e. The number of fused-ring (bicyclic) bond motifs is 1. The third-order valence-electron chi connectivity index (χ3n) is 4.81. The Hall–Kier alpha value is -2.91. The van der Waals surface area contributed by atoms with E-state index in [0.29, 0.717) is 44.5 Å². The Labute approximate surface area is 189 Å². The van der Waals surface area contributed by atoms with E-state index < -0.39 is 0 Å². The summed E-state index contributed by atoms with van der Waals surface area (Å²) in [5, 5.41) is 3.27. The first-order valence-electron chi connectivity index (χ1n) is 9.88. The molecule has 4 rings (SSSR count). The fourth-order valence-electron chi connectivity index (χ4n) is 3.20. The zero-order valence-electron chi connectivity index (χ0n) is 17.4. The van der Waals surface area contributed by atoms with Crippen LogP contribution in [0.5, 0.6) is 0 Å². The zero-order chi connectivity index (χ0) is 22.1. The van der Waals surface area contributed by atoms with Crippen LogP contribution in [0.15, 0.2) is 50.8 Å². The number of nitrogens with one attached hydrogen (secondary N) is 1. The summed E-state index contributed by atoms with van der Waals surface area (Å²) < 4.78 is 7.27. The summed E-state index contributed by atoms with van der Waals surface area (Å²) in [6, 6.07) is 7.27. The molecule has 0 aliphatic carbocycles. The van der Waals surface area contributed by atoms with Gasteiger partial charge in [-0.1, -0.05) is 43.9 Å². The van der Waals surface area contributed by atoms with Gasteiger partial charge in [0.1, 0.15) is 21.5 Å². The van der Waals surface area contributed by atoms with Gasteiger partial charge in [0.2, 0.25) is 0 Å². The summed E-state index contributed by atoms with van der Waals surface area (Å²) in [5.41, 5.74) is 1.57. The van der Waals surface area contributed by atoms with Crippen molar-refractivity contribution in [2.24, 2.45) is 5.92 Å². The molecule has 0 aromatic carbocycles. The molecule has 0 saturated carbocycles. The Balaban J connectivity index is 1.77. The van der Waals surface area contributed by atoms with Crippen molar-refractivity contribution in [3.05, 3.63) is 68.9 Å². The summed E-state index contributed by atoms with van der Waals surface area (Å²) in [4.78, 5) is 32.9. The van der Waals surface area contributed by atoms with Crippen LogP contribution in [0.25, 0.3) is 11.7 Å². The number of rotatable bonds is 6. The number of hydrogen-bond acceptors (Lipinski definition) is 7. The summed E-state index contributed by atoms with van der Waals surface area (Å²) >= 11 is 6.57. The number of furan rings is 1. The van der Waals surface area contributed by atoms with Gasteiger partial charge in [0.15, 0.2) is 0 Å². The second-order valence-corrected chi connectivity index (χ2v) is 9.36. The Morgan fingerprint density at radius 1 is 1.29 bits per heavy atom. The lowest BCUT2D eigenvalue weighted by Crippen LogP contribution is -2.27. The van der Waals surface area contributed by atoms with E-state index in [0.717, 1.165) is 5.56 Å². The van der Waals surface area contributed by atoms with Crippen LogP contribution in [0.4, 0.5) is 5.82 Å². The SMILES string of the molecule is Cc1cccn2c(=O)c(C=C3SC(=S)N(Cc4ccco4)C3=O)c(NCC(C)C)nc12. The van der Waals surface area contributed by atoms with Gasteiger partial charge in [-0.2, -0.15) is 0 Å². The lowest BCUT2D eigenvalue weighted by Gasteiger charge is -2.14. The topological polar surface area (TPSA) is 79.8 Å². The van der Waals surface area contributed by atoms with Crippen molar-refractivity contribution in [1.82, 2.24) is 14.3 Å². The van der Waals surface area contributed by atoms with Gasteiger partial charge >= 0.3 is 0 Å². The maximum absolute atomic E-state index is 13.3. The molecule has 0 bridgehead atoms. The molecule has 1 saturated heterocycles. The second kappa shape index (κ2) is 8.68. The molecule has 9 heteroatoms. The zero-order valence-corrected chi connectivity index (χ0v) is 19.0. The minimum atomic E-state index is -0.255. The molecule has 7 nitrogen and oxygen atoms in total. The number of thiocarbonyl (C=S) groups is 1. The van der Waals surface area contributed by atoms with Crippen molar-refractivity contribution in [2.75, 3.05) is 11.9 Å². The van der Waals surface area contributed by atoms with Crippen molar-refractivity contribution in [1.29, 1.82) is 0 Å². The fourth-order valence-corrected chi connectivity index (χ4v) is 4.44. The summed E-state index contributed by atoms with van der Waals surface area (Å²) in [7, 11) is 0. The second-order valence-electron chi connectivity index (χ2n) is 7.69. The van der Waals surface area contributed by atoms with Crippen LogP contribution in [-0.4, -0.2) is 31.1 Å². The number of aromatic nitrogens is 2. The third-order valence-corrected chi connectivity index (χ3v) is 6.18. The molecule has 0 radical (unpaired) electrons. The summed E-state index contributed by atoms with van der Waals surface area (Å²) in [6.45, 7) is 6.96. The number of aryl methyl sites for hydroxylation is 1. The van der Waals surface area contributed by atoms with Crippen LogP contribution in [0.1, 0.15) is 30.7 Å². The molecular weight excluding hydrogens is 432 g/mol.